The van der Waals surface area contributed by atoms with Crippen LogP contribution >= 0.6 is 0 Å². The number of hydrazone groups is 1. The largest absolute Gasteiger partial charge is 0.321 e. The quantitative estimate of drug-likeness (QED) is 0.831. The highest BCUT2D eigenvalue weighted by Crippen LogP contribution is 2.22. The van der Waals surface area contributed by atoms with Crippen LogP contribution in [0.15, 0.2) is 28.2 Å². The highest BCUT2D eigenvalue weighted by atomic mass is 32.2. The molecule has 0 fully saturated rings. The minimum absolute atomic E-state index is 0.0854. The van der Waals surface area contributed by atoms with E-state index in [0.717, 1.165) is 9.87 Å². The molecule has 8 nitrogen and oxygen atoms in total. The number of hydrogen-bond acceptors (Lipinski definition) is 5. The number of carbonyl (C=O) groups excluding carboxylic acids is 2. The third kappa shape index (κ3) is 3.74. The molecule has 2 amide bonds. The van der Waals surface area contributed by atoms with Crippen LogP contribution in [0.2, 0.25) is 0 Å². The molecule has 0 spiro atoms. The van der Waals surface area contributed by atoms with Crippen molar-refractivity contribution in [1.29, 1.82) is 0 Å². The van der Waals surface area contributed by atoms with Gasteiger partial charge >= 0.3 is 0 Å². The minimum Gasteiger partial charge on any atom is -0.321 e. The van der Waals surface area contributed by atoms with Gasteiger partial charge in [-0.1, -0.05) is 6.07 Å². The molecule has 1 heterocycles. The SMILES string of the molecule is Cc1ccc(S(=O)(=O)N(C)C)cc1NC(=O)C1=NNC(=O)CC1. The summed E-state index contributed by atoms with van der Waals surface area (Å²) in [6, 6.07) is 4.51. The van der Waals surface area contributed by atoms with Crippen molar-refractivity contribution in [3.05, 3.63) is 23.8 Å². The molecule has 0 saturated carbocycles. The lowest BCUT2D eigenvalue weighted by Gasteiger charge is -2.15. The van der Waals surface area contributed by atoms with Gasteiger partial charge in [-0.3, -0.25) is 9.59 Å². The van der Waals surface area contributed by atoms with Crippen LogP contribution in [0.3, 0.4) is 0 Å². The first-order valence-corrected chi connectivity index (χ1v) is 8.36. The predicted molar refractivity (Wildman–Crippen MR) is 85.5 cm³/mol. The third-order valence-electron chi connectivity index (χ3n) is 3.40. The van der Waals surface area contributed by atoms with E-state index in [1.165, 1.54) is 26.2 Å². The summed E-state index contributed by atoms with van der Waals surface area (Å²) >= 11 is 0. The second kappa shape index (κ2) is 6.47. The molecule has 1 aliphatic heterocycles. The summed E-state index contributed by atoms with van der Waals surface area (Å²) in [5, 5.41) is 6.36. The van der Waals surface area contributed by atoms with Crippen molar-refractivity contribution >= 4 is 33.2 Å². The van der Waals surface area contributed by atoms with Crippen molar-refractivity contribution in [3.63, 3.8) is 0 Å². The number of rotatable bonds is 4. The molecule has 1 aliphatic rings. The lowest BCUT2D eigenvalue weighted by molar-refractivity contribution is -0.121. The van der Waals surface area contributed by atoms with Crippen LogP contribution in [-0.2, 0) is 19.6 Å². The van der Waals surface area contributed by atoms with E-state index in [2.05, 4.69) is 15.8 Å². The van der Waals surface area contributed by atoms with Crippen LogP contribution < -0.4 is 10.7 Å². The van der Waals surface area contributed by atoms with Gasteiger partial charge in [0.25, 0.3) is 5.91 Å². The molecule has 2 rings (SSSR count). The van der Waals surface area contributed by atoms with Gasteiger partial charge in [0.1, 0.15) is 5.71 Å². The Bertz CT molecular complexity index is 784. The maximum absolute atomic E-state index is 12.2. The Labute approximate surface area is 134 Å². The Morgan fingerprint density at radius 2 is 2.00 bits per heavy atom. The van der Waals surface area contributed by atoms with Crippen LogP contribution in [-0.4, -0.2) is 44.3 Å². The predicted octanol–water partition coefficient (Wildman–Crippen LogP) is 0.450. The Morgan fingerprint density at radius 3 is 2.57 bits per heavy atom. The average molecular weight is 338 g/mol. The Kier molecular flexibility index (Phi) is 4.81. The molecule has 0 aromatic heterocycles. The van der Waals surface area contributed by atoms with Crippen LogP contribution in [0.4, 0.5) is 5.69 Å². The van der Waals surface area contributed by atoms with Gasteiger partial charge in [0.15, 0.2) is 0 Å². The highest BCUT2D eigenvalue weighted by molar-refractivity contribution is 7.89. The molecule has 2 N–H and O–H groups in total. The standard InChI is InChI=1S/C14H18N4O4S/c1-9-4-5-10(23(21,22)18(2)3)8-12(9)15-14(20)11-6-7-13(19)17-16-11/h4-5,8H,6-7H2,1-3H3,(H,15,20)(H,17,19). The fraction of sp³-hybridized carbons (Fsp3) is 0.357. The highest BCUT2D eigenvalue weighted by Gasteiger charge is 2.21. The molecule has 0 atom stereocenters. The van der Waals surface area contributed by atoms with Gasteiger partial charge in [0, 0.05) is 32.6 Å². The molecule has 0 aliphatic carbocycles. The number of hydrogen-bond donors (Lipinski definition) is 2. The molecule has 0 radical (unpaired) electrons. The van der Waals surface area contributed by atoms with Gasteiger partial charge in [-0.2, -0.15) is 5.10 Å². The summed E-state index contributed by atoms with van der Waals surface area (Å²) in [6.07, 6.45) is 0.437. The fourth-order valence-electron chi connectivity index (χ4n) is 1.94. The van der Waals surface area contributed by atoms with Gasteiger partial charge in [-0.05, 0) is 24.6 Å². The van der Waals surface area contributed by atoms with E-state index in [0.29, 0.717) is 5.69 Å². The average Bonchev–Trinajstić information content (AvgIpc) is 2.49. The number of nitrogens with zero attached hydrogens (tertiary/aromatic N) is 2. The van der Waals surface area contributed by atoms with Crippen molar-refractivity contribution in [2.75, 3.05) is 19.4 Å². The summed E-state index contributed by atoms with van der Waals surface area (Å²) < 4.78 is 25.4. The number of aryl methyl sites for hydroxylation is 1. The first-order valence-electron chi connectivity index (χ1n) is 6.92. The normalized spacial score (nSPS) is 15.1. The Hall–Kier alpha value is -2.26. The van der Waals surface area contributed by atoms with E-state index in [1.807, 2.05) is 0 Å². The number of sulfonamides is 1. The topological polar surface area (TPSA) is 108 Å². The molecule has 0 saturated heterocycles. The number of amides is 2. The van der Waals surface area contributed by atoms with Crippen molar-refractivity contribution < 1.29 is 18.0 Å². The molecule has 1 aromatic carbocycles. The minimum atomic E-state index is -3.59. The second-order valence-corrected chi connectivity index (χ2v) is 7.46. The lowest BCUT2D eigenvalue weighted by atomic mass is 10.1. The van der Waals surface area contributed by atoms with Crippen LogP contribution in [0, 0.1) is 6.92 Å². The van der Waals surface area contributed by atoms with Gasteiger partial charge in [0.2, 0.25) is 15.9 Å². The zero-order chi connectivity index (χ0) is 17.2. The Morgan fingerprint density at radius 1 is 1.30 bits per heavy atom. The molecule has 23 heavy (non-hydrogen) atoms. The summed E-state index contributed by atoms with van der Waals surface area (Å²) in [5.41, 5.74) is 3.55. The molecule has 0 unspecified atom stereocenters. The van der Waals surface area contributed by atoms with E-state index < -0.39 is 15.9 Å². The van der Waals surface area contributed by atoms with E-state index >= 15 is 0 Å². The zero-order valence-corrected chi connectivity index (χ0v) is 13.9. The van der Waals surface area contributed by atoms with Gasteiger partial charge < -0.3 is 5.32 Å². The van der Waals surface area contributed by atoms with Gasteiger partial charge in [-0.15, -0.1) is 0 Å². The second-order valence-electron chi connectivity index (χ2n) is 5.31. The van der Waals surface area contributed by atoms with Crippen LogP contribution in [0.25, 0.3) is 0 Å². The summed E-state index contributed by atoms with van der Waals surface area (Å²) in [5.74, 6) is -0.704. The zero-order valence-electron chi connectivity index (χ0n) is 13.1. The summed E-state index contributed by atoms with van der Waals surface area (Å²) in [4.78, 5) is 23.3. The summed E-state index contributed by atoms with van der Waals surface area (Å²) in [6.45, 7) is 1.76. The van der Waals surface area contributed by atoms with Gasteiger partial charge in [-0.25, -0.2) is 18.1 Å². The number of nitrogens with one attached hydrogen (secondary N) is 2. The van der Waals surface area contributed by atoms with Crippen LogP contribution in [0.1, 0.15) is 18.4 Å². The van der Waals surface area contributed by atoms with Crippen molar-refractivity contribution in [1.82, 2.24) is 9.73 Å². The maximum Gasteiger partial charge on any atom is 0.271 e. The lowest BCUT2D eigenvalue weighted by Crippen LogP contribution is -2.33. The maximum atomic E-state index is 12.2. The molecular formula is C14H18N4O4S. The van der Waals surface area contributed by atoms with Crippen LogP contribution in [0.5, 0.6) is 0 Å². The first kappa shape index (κ1) is 17.1. The summed E-state index contributed by atoms with van der Waals surface area (Å²) in [7, 11) is -0.715. The van der Waals surface area contributed by atoms with Crippen molar-refractivity contribution in [2.24, 2.45) is 5.10 Å². The molecule has 0 bridgehead atoms. The van der Waals surface area contributed by atoms with Crippen molar-refractivity contribution in [2.45, 2.75) is 24.7 Å². The van der Waals surface area contributed by atoms with Crippen molar-refractivity contribution in [3.8, 4) is 0 Å². The molecule has 124 valence electrons. The van der Waals surface area contributed by atoms with E-state index in [9.17, 15) is 18.0 Å². The number of anilines is 1. The monoisotopic (exact) mass is 338 g/mol. The number of benzene rings is 1. The fourth-order valence-corrected chi connectivity index (χ4v) is 2.87. The third-order valence-corrected chi connectivity index (χ3v) is 5.21. The molecule has 9 heteroatoms. The molecular weight excluding hydrogens is 320 g/mol. The number of carbonyl (C=O) groups is 2. The first-order chi connectivity index (χ1) is 10.7. The van der Waals surface area contributed by atoms with E-state index in [-0.39, 0.29) is 29.4 Å². The smallest absolute Gasteiger partial charge is 0.271 e. The van der Waals surface area contributed by atoms with E-state index in [4.69, 9.17) is 0 Å². The van der Waals surface area contributed by atoms with Gasteiger partial charge in [0.05, 0.1) is 4.90 Å². The van der Waals surface area contributed by atoms with E-state index in [1.54, 1.807) is 13.0 Å². The molecule has 1 aromatic rings. The Balaban J connectivity index is 2.27.